The van der Waals surface area contributed by atoms with Crippen molar-refractivity contribution in [3.8, 4) is 5.75 Å². The molecule has 1 atom stereocenters. The van der Waals surface area contributed by atoms with Crippen LogP contribution in [0.2, 0.25) is 0 Å². The number of nitrogens with one attached hydrogen (secondary N) is 1. The molecule has 0 heterocycles. The zero-order chi connectivity index (χ0) is 13.4. The highest BCUT2D eigenvalue weighted by atomic mass is 16.7. The van der Waals surface area contributed by atoms with Gasteiger partial charge in [-0.1, -0.05) is 19.1 Å². The zero-order valence-corrected chi connectivity index (χ0v) is 11.6. The summed E-state index contributed by atoms with van der Waals surface area (Å²) in [5.41, 5.74) is 1.12. The molecule has 4 nitrogen and oxygen atoms in total. The summed E-state index contributed by atoms with van der Waals surface area (Å²) in [6.07, 6.45) is 0.761. The van der Waals surface area contributed by atoms with Crippen LogP contribution in [0.1, 0.15) is 24.9 Å². The van der Waals surface area contributed by atoms with Crippen molar-refractivity contribution in [1.82, 2.24) is 5.32 Å². The topological polar surface area (TPSA) is 39.7 Å². The van der Waals surface area contributed by atoms with E-state index in [9.17, 15) is 0 Å². The van der Waals surface area contributed by atoms with E-state index in [1.54, 1.807) is 21.3 Å². The number of methoxy groups -OCH3 is 3. The molecule has 4 heteroatoms. The van der Waals surface area contributed by atoms with Gasteiger partial charge in [-0.3, -0.25) is 0 Å². The first-order chi connectivity index (χ1) is 8.76. The minimum absolute atomic E-state index is 0.0193. The Bertz CT molecular complexity index is 322. The van der Waals surface area contributed by atoms with Crippen molar-refractivity contribution < 1.29 is 14.2 Å². The van der Waals surface area contributed by atoms with E-state index in [1.165, 1.54) is 0 Å². The summed E-state index contributed by atoms with van der Waals surface area (Å²) in [4.78, 5) is 0. The minimum Gasteiger partial charge on any atom is -0.497 e. The van der Waals surface area contributed by atoms with Crippen LogP contribution in [-0.4, -0.2) is 34.2 Å². The Morgan fingerprint density at radius 1 is 1.06 bits per heavy atom. The fourth-order valence-electron chi connectivity index (χ4n) is 1.85. The zero-order valence-electron chi connectivity index (χ0n) is 11.6. The van der Waals surface area contributed by atoms with Crippen LogP contribution >= 0.6 is 0 Å². The number of benzene rings is 1. The Kier molecular flexibility index (Phi) is 6.72. The third-order valence-corrected chi connectivity index (χ3v) is 2.83. The van der Waals surface area contributed by atoms with Crippen LogP contribution in [0.3, 0.4) is 0 Å². The fourth-order valence-corrected chi connectivity index (χ4v) is 1.85. The summed E-state index contributed by atoms with van der Waals surface area (Å²) in [5.74, 6) is 0.847. The SMILES string of the molecule is CCCNC(c1ccc(OC)cc1)C(OC)OC. The summed E-state index contributed by atoms with van der Waals surface area (Å²) >= 11 is 0. The molecule has 1 unspecified atom stereocenters. The monoisotopic (exact) mass is 253 g/mol. The number of rotatable bonds is 8. The molecule has 0 spiro atoms. The molecule has 0 aromatic heterocycles. The van der Waals surface area contributed by atoms with Crippen molar-refractivity contribution in [1.29, 1.82) is 0 Å². The van der Waals surface area contributed by atoms with Gasteiger partial charge in [0.25, 0.3) is 0 Å². The van der Waals surface area contributed by atoms with Crippen molar-refractivity contribution >= 4 is 0 Å². The molecule has 0 amide bonds. The summed E-state index contributed by atoms with van der Waals surface area (Å²) < 4.78 is 15.9. The molecule has 1 aromatic carbocycles. The summed E-state index contributed by atoms with van der Waals surface area (Å²) in [6.45, 7) is 3.05. The second-order valence-electron chi connectivity index (χ2n) is 4.04. The average molecular weight is 253 g/mol. The molecular weight excluding hydrogens is 230 g/mol. The second kappa shape index (κ2) is 8.08. The predicted octanol–water partition coefficient (Wildman–Crippen LogP) is 2.35. The minimum atomic E-state index is -0.301. The fraction of sp³-hybridized carbons (Fsp3) is 0.571. The van der Waals surface area contributed by atoms with Gasteiger partial charge in [0.2, 0.25) is 0 Å². The Morgan fingerprint density at radius 3 is 2.11 bits per heavy atom. The van der Waals surface area contributed by atoms with E-state index in [-0.39, 0.29) is 12.3 Å². The van der Waals surface area contributed by atoms with Crippen molar-refractivity contribution in [3.05, 3.63) is 29.8 Å². The first-order valence-corrected chi connectivity index (χ1v) is 6.19. The van der Waals surface area contributed by atoms with Crippen LogP contribution in [0.4, 0.5) is 0 Å². The number of hydrogen-bond donors (Lipinski definition) is 1. The Labute approximate surface area is 109 Å². The molecule has 18 heavy (non-hydrogen) atoms. The van der Waals surface area contributed by atoms with Gasteiger partial charge >= 0.3 is 0 Å². The van der Waals surface area contributed by atoms with Crippen LogP contribution < -0.4 is 10.1 Å². The first kappa shape index (κ1) is 15.0. The molecule has 1 aromatic rings. The molecule has 102 valence electrons. The van der Waals surface area contributed by atoms with Gasteiger partial charge in [-0.15, -0.1) is 0 Å². The molecule has 0 aliphatic heterocycles. The number of hydrogen-bond acceptors (Lipinski definition) is 4. The highest BCUT2D eigenvalue weighted by molar-refractivity contribution is 5.29. The van der Waals surface area contributed by atoms with Gasteiger partial charge < -0.3 is 19.5 Å². The van der Waals surface area contributed by atoms with Crippen LogP contribution in [0.25, 0.3) is 0 Å². The van der Waals surface area contributed by atoms with Gasteiger partial charge in [0.05, 0.1) is 13.2 Å². The van der Waals surface area contributed by atoms with E-state index in [0.29, 0.717) is 0 Å². The molecule has 0 bridgehead atoms. The second-order valence-corrected chi connectivity index (χ2v) is 4.04. The number of ether oxygens (including phenoxy) is 3. The summed E-state index contributed by atoms with van der Waals surface area (Å²) in [5, 5.41) is 3.43. The summed E-state index contributed by atoms with van der Waals surface area (Å²) in [7, 11) is 4.96. The van der Waals surface area contributed by atoms with Crippen LogP contribution in [0, 0.1) is 0 Å². The third kappa shape index (κ3) is 3.98. The van der Waals surface area contributed by atoms with Gasteiger partial charge in [0.1, 0.15) is 5.75 Å². The lowest BCUT2D eigenvalue weighted by molar-refractivity contribution is -0.124. The maximum absolute atomic E-state index is 5.35. The van der Waals surface area contributed by atoms with Gasteiger partial charge in [0.15, 0.2) is 6.29 Å². The van der Waals surface area contributed by atoms with Crippen LogP contribution in [0.15, 0.2) is 24.3 Å². The van der Waals surface area contributed by atoms with Crippen LogP contribution in [0.5, 0.6) is 5.75 Å². The van der Waals surface area contributed by atoms with E-state index < -0.39 is 0 Å². The molecule has 1 N–H and O–H groups in total. The largest absolute Gasteiger partial charge is 0.497 e. The average Bonchev–Trinajstić information content (AvgIpc) is 2.43. The Balaban J connectivity index is 2.85. The molecular formula is C14H23NO3. The quantitative estimate of drug-likeness (QED) is 0.722. The maximum atomic E-state index is 5.35. The van der Waals surface area contributed by atoms with Gasteiger partial charge in [-0.2, -0.15) is 0 Å². The van der Waals surface area contributed by atoms with E-state index in [2.05, 4.69) is 12.2 Å². The maximum Gasteiger partial charge on any atom is 0.176 e. The van der Waals surface area contributed by atoms with Gasteiger partial charge in [-0.05, 0) is 30.7 Å². The lowest BCUT2D eigenvalue weighted by atomic mass is 10.1. The molecule has 1 rings (SSSR count). The Hall–Kier alpha value is -1.10. The van der Waals surface area contributed by atoms with Gasteiger partial charge in [0, 0.05) is 14.2 Å². The predicted molar refractivity (Wildman–Crippen MR) is 71.8 cm³/mol. The highest BCUT2D eigenvalue weighted by Gasteiger charge is 2.21. The first-order valence-electron chi connectivity index (χ1n) is 6.19. The molecule has 0 saturated heterocycles. The highest BCUT2D eigenvalue weighted by Crippen LogP contribution is 2.22. The molecule has 0 fully saturated rings. The molecule has 0 aliphatic carbocycles. The van der Waals surface area contributed by atoms with Crippen molar-refractivity contribution in [3.63, 3.8) is 0 Å². The van der Waals surface area contributed by atoms with Crippen LogP contribution in [-0.2, 0) is 9.47 Å². The third-order valence-electron chi connectivity index (χ3n) is 2.83. The Morgan fingerprint density at radius 2 is 1.67 bits per heavy atom. The smallest absolute Gasteiger partial charge is 0.176 e. The van der Waals surface area contributed by atoms with Gasteiger partial charge in [-0.25, -0.2) is 0 Å². The van der Waals surface area contributed by atoms with Crippen molar-refractivity contribution in [2.75, 3.05) is 27.9 Å². The van der Waals surface area contributed by atoms with E-state index in [1.807, 2.05) is 24.3 Å². The lowest BCUT2D eigenvalue weighted by Gasteiger charge is -2.26. The van der Waals surface area contributed by atoms with Crippen molar-refractivity contribution in [2.24, 2.45) is 0 Å². The van der Waals surface area contributed by atoms with E-state index >= 15 is 0 Å². The normalized spacial score (nSPS) is 12.7. The van der Waals surface area contributed by atoms with E-state index in [4.69, 9.17) is 14.2 Å². The summed E-state index contributed by atoms with van der Waals surface area (Å²) in [6, 6.07) is 7.95. The molecule has 0 aliphatic rings. The van der Waals surface area contributed by atoms with E-state index in [0.717, 1.165) is 24.3 Å². The lowest BCUT2D eigenvalue weighted by Crippen LogP contribution is -2.35. The van der Waals surface area contributed by atoms with Crippen molar-refractivity contribution in [2.45, 2.75) is 25.7 Å². The standard InChI is InChI=1S/C14H23NO3/c1-5-10-15-13(14(17-3)18-4)11-6-8-12(16-2)9-7-11/h6-9,13-15H,5,10H2,1-4H3. The molecule has 0 radical (unpaired) electrons. The molecule has 0 saturated carbocycles.